The number of hydrogen-bond acceptors (Lipinski definition) is 4. The number of alkyl halides is 2. The minimum Gasteiger partial charge on any atom is -0.365 e. The lowest BCUT2D eigenvalue weighted by atomic mass is 9.88. The van der Waals surface area contributed by atoms with Crippen molar-refractivity contribution in [2.24, 2.45) is 5.73 Å². The summed E-state index contributed by atoms with van der Waals surface area (Å²) >= 11 is 0. The number of nitrogens with zero attached hydrogens (tertiary/aromatic N) is 3. The van der Waals surface area contributed by atoms with Crippen molar-refractivity contribution < 1.29 is 18.4 Å². The number of aromatic nitrogens is 3. The van der Waals surface area contributed by atoms with Gasteiger partial charge in [-0.05, 0) is 19.4 Å². The highest BCUT2D eigenvalue weighted by Crippen LogP contribution is 2.37. The van der Waals surface area contributed by atoms with E-state index in [0.29, 0.717) is 11.3 Å². The lowest BCUT2D eigenvalue weighted by Gasteiger charge is -2.35. The molecule has 0 spiro atoms. The second-order valence-electron chi connectivity index (χ2n) is 5.78. The highest BCUT2D eigenvalue weighted by atomic mass is 19.3. The highest BCUT2D eigenvalue weighted by Gasteiger charge is 2.46. The van der Waals surface area contributed by atoms with Gasteiger partial charge in [-0.2, -0.15) is 5.10 Å². The van der Waals surface area contributed by atoms with Gasteiger partial charge in [0.05, 0.1) is 5.69 Å². The Bertz CT molecular complexity index is 822. The minimum absolute atomic E-state index is 0.134. The Morgan fingerprint density at radius 2 is 2.04 bits per heavy atom. The molecular weight excluding hydrogens is 308 g/mol. The maximum absolute atomic E-state index is 12.9. The van der Waals surface area contributed by atoms with Crippen LogP contribution in [0.25, 0.3) is 5.65 Å². The third-order valence-corrected chi connectivity index (χ3v) is 3.89. The summed E-state index contributed by atoms with van der Waals surface area (Å²) in [5, 5.41) is 6.70. The van der Waals surface area contributed by atoms with Gasteiger partial charge in [0.2, 0.25) is 0 Å². The number of aryl methyl sites for hydroxylation is 2. The van der Waals surface area contributed by atoms with Gasteiger partial charge in [0.25, 0.3) is 17.7 Å². The number of nitrogens with one attached hydrogen (secondary N) is 1. The molecule has 3 N–H and O–H groups in total. The largest absolute Gasteiger partial charge is 0.365 e. The lowest BCUT2D eigenvalue weighted by molar-refractivity contribution is -0.0901. The molecule has 3 rings (SSSR count). The van der Waals surface area contributed by atoms with Crippen molar-refractivity contribution in [3.05, 3.63) is 28.7 Å². The van der Waals surface area contributed by atoms with Crippen molar-refractivity contribution in [3.8, 4) is 0 Å². The van der Waals surface area contributed by atoms with Crippen LogP contribution in [0, 0.1) is 13.8 Å². The lowest BCUT2D eigenvalue weighted by Crippen LogP contribution is -2.50. The zero-order chi connectivity index (χ0) is 16.9. The molecule has 0 bridgehead atoms. The van der Waals surface area contributed by atoms with Crippen LogP contribution < -0.4 is 11.1 Å². The number of rotatable bonds is 3. The summed E-state index contributed by atoms with van der Waals surface area (Å²) < 4.78 is 27.0. The molecule has 7 nitrogen and oxygen atoms in total. The Balaban J connectivity index is 2.00. The molecule has 23 heavy (non-hydrogen) atoms. The molecule has 0 aliphatic heterocycles. The summed E-state index contributed by atoms with van der Waals surface area (Å²) in [5.41, 5.74) is 6.63. The molecule has 122 valence electrons. The molecule has 0 unspecified atom stereocenters. The Morgan fingerprint density at radius 3 is 2.61 bits per heavy atom. The molecule has 0 aromatic carbocycles. The summed E-state index contributed by atoms with van der Waals surface area (Å²) in [4.78, 5) is 28.0. The molecule has 1 saturated carbocycles. The molecule has 0 radical (unpaired) electrons. The van der Waals surface area contributed by atoms with E-state index in [9.17, 15) is 18.4 Å². The van der Waals surface area contributed by atoms with E-state index in [1.54, 1.807) is 13.8 Å². The maximum Gasteiger partial charge on any atom is 0.270 e. The number of fused-ring (bicyclic) bond motifs is 1. The zero-order valence-corrected chi connectivity index (χ0v) is 12.6. The van der Waals surface area contributed by atoms with Gasteiger partial charge in [-0.15, -0.1) is 0 Å². The fourth-order valence-electron chi connectivity index (χ4n) is 2.76. The van der Waals surface area contributed by atoms with Crippen LogP contribution in [0.4, 0.5) is 8.78 Å². The van der Waals surface area contributed by atoms with Crippen LogP contribution in [0.2, 0.25) is 0 Å². The number of nitrogens with two attached hydrogens (primary N) is 1. The van der Waals surface area contributed by atoms with E-state index in [0.717, 1.165) is 0 Å². The first kappa shape index (κ1) is 15.3. The number of hydrogen-bond donors (Lipinski definition) is 2. The predicted octanol–water partition coefficient (Wildman–Crippen LogP) is 0.973. The zero-order valence-electron chi connectivity index (χ0n) is 12.6. The van der Waals surface area contributed by atoms with Crippen LogP contribution in [-0.2, 0) is 0 Å². The molecule has 2 aromatic heterocycles. The van der Waals surface area contributed by atoms with Gasteiger partial charge in [0.1, 0.15) is 11.3 Å². The van der Waals surface area contributed by atoms with Gasteiger partial charge >= 0.3 is 0 Å². The highest BCUT2D eigenvalue weighted by molar-refractivity contribution is 6.01. The van der Waals surface area contributed by atoms with Crippen LogP contribution in [-0.4, -0.2) is 38.4 Å². The minimum atomic E-state index is -2.72. The average molecular weight is 323 g/mol. The van der Waals surface area contributed by atoms with Gasteiger partial charge in [-0.3, -0.25) is 9.59 Å². The third-order valence-electron chi connectivity index (χ3n) is 3.89. The van der Waals surface area contributed by atoms with Crippen LogP contribution in [0.5, 0.6) is 0 Å². The van der Waals surface area contributed by atoms with Crippen molar-refractivity contribution in [3.63, 3.8) is 0 Å². The standard InChI is InChI=1S/C14H15F2N5O2/c1-6-5-18-12-9(11(17)22)7(2)20-21(12)10(6)13(23)19-8-3-14(15,16)4-8/h5,8H,3-4H2,1-2H3,(H2,17,22)(H,19,23). The number of halogens is 2. The number of carbonyl (C=O) groups excluding carboxylic acids is 2. The van der Waals surface area contributed by atoms with Crippen molar-refractivity contribution in [2.45, 2.75) is 38.7 Å². The fourth-order valence-corrected chi connectivity index (χ4v) is 2.76. The smallest absolute Gasteiger partial charge is 0.270 e. The van der Waals surface area contributed by atoms with Gasteiger partial charge in [0.15, 0.2) is 5.65 Å². The maximum atomic E-state index is 12.9. The summed E-state index contributed by atoms with van der Waals surface area (Å²) in [6.07, 6.45) is 0.667. The van der Waals surface area contributed by atoms with E-state index in [1.807, 2.05) is 0 Å². The molecule has 9 heteroatoms. The molecular formula is C14H15F2N5O2. The third kappa shape index (κ3) is 2.51. The molecule has 1 fully saturated rings. The molecule has 1 aliphatic carbocycles. The topological polar surface area (TPSA) is 102 Å². The van der Waals surface area contributed by atoms with E-state index in [4.69, 9.17) is 5.73 Å². The van der Waals surface area contributed by atoms with Crippen LogP contribution >= 0.6 is 0 Å². The van der Waals surface area contributed by atoms with Crippen LogP contribution in [0.3, 0.4) is 0 Å². The first-order chi connectivity index (χ1) is 10.7. The summed E-state index contributed by atoms with van der Waals surface area (Å²) in [7, 11) is 0. The summed E-state index contributed by atoms with van der Waals surface area (Å²) in [5.74, 6) is -3.95. The summed E-state index contributed by atoms with van der Waals surface area (Å²) in [6, 6.07) is -0.576. The number of carbonyl (C=O) groups is 2. The number of primary amides is 1. The van der Waals surface area contributed by atoms with Crippen molar-refractivity contribution in [1.82, 2.24) is 19.9 Å². The average Bonchev–Trinajstić information content (AvgIpc) is 2.72. The monoisotopic (exact) mass is 323 g/mol. The molecule has 0 atom stereocenters. The van der Waals surface area contributed by atoms with Gasteiger partial charge in [-0.25, -0.2) is 18.3 Å². The molecule has 1 aliphatic rings. The fraction of sp³-hybridized carbons (Fsp3) is 0.429. The van der Waals surface area contributed by atoms with E-state index in [1.165, 1.54) is 10.7 Å². The second-order valence-corrected chi connectivity index (χ2v) is 5.78. The van der Waals surface area contributed by atoms with E-state index >= 15 is 0 Å². The van der Waals surface area contributed by atoms with Gasteiger partial charge in [0, 0.05) is 25.1 Å². The summed E-state index contributed by atoms with van der Waals surface area (Å²) in [6.45, 7) is 3.23. The van der Waals surface area contributed by atoms with Gasteiger partial charge < -0.3 is 11.1 Å². The molecule has 2 amide bonds. The van der Waals surface area contributed by atoms with E-state index in [-0.39, 0.29) is 29.7 Å². The van der Waals surface area contributed by atoms with Crippen LogP contribution in [0.15, 0.2) is 6.20 Å². The quantitative estimate of drug-likeness (QED) is 0.878. The molecule has 2 aromatic rings. The van der Waals surface area contributed by atoms with E-state index in [2.05, 4.69) is 15.4 Å². The predicted molar refractivity (Wildman–Crippen MR) is 76.4 cm³/mol. The van der Waals surface area contributed by atoms with Crippen LogP contribution in [0.1, 0.15) is 44.9 Å². The molecule has 0 saturated heterocycles. The Labute approximate surface area is 129 Å². The first-order valence-electron chi connectivity index (χ1n) is 7.03. The SMILES string of the molecule is Cc1cnc2c(C(N)=O)c(C)nn2c1C(=O)NC1CC(F)(F)C1. The Hall–Kier alpha value is -2.58. The number of amides is 2. The van der Waals surface area contributed by atoms with Crippen molar-refractivity contribution >= 4 is 17.5 Å². The second kappa shape index (κ2) is 4.97. The van der Waals surface area contributed by atoms with E-state index < -0.39 is 23.8 Å². The van der Waals surface area contributed by atoms with Gasteiger partial charge in [-0.1, -0.05) is 0 Å². The Kier molecular flexibility index (Phi) is 3.31. The molecule has 2 heterocycles. The Morgan fingerprint density at radius 1 is 1.39 bits per heavy atom. The normalized spacial score (nSPS) is 17.0. The van der Waals surface area contributed by atoms with Crippen molar-refractivity contribution in [1.29, 1.82) is 0 Å². The van der Waals surface area contributed by atoms with Crippen molar-refractivity contribution in [2.75, 3.05) is 0 Å². The first-order valence-corrected chi connectivity index (χ1v) is 7.03.